The first-order valence-corrected chi connectivity index (χ1v) is 6.28. The highest BCUT2D eigenvalue weighted by Gasteiger charge is 2.34. The highest BCUT2D eigenvalue weighted by atomic mass is 79.9. The molecule has 4 heteroatoms. The van der Waals surface area contributed by atoms with Crippen molar-refractivity contribution >= 4 is 21.9 Å². The molecule has 0 aromatic heterocycles. The van der Waals surface area contributed by atoms with Crippen LogP contribution in [-0.2, 0) is 14.9 Å². The summed E-state index contributed by atoms with van der Waals surface area (Å²) >= 11 is 3.43. The Morgan fingerprint density at radius 2 is 2.24 bits per heavy atom. The van der Waals surface area contributed by atoms with Crippen molar-refractivity contribution in [3.05, 3.63) is 34.3 Å². The molecule has 2 N–H and O–H groups in total. The first kappa shape index (κ1) is 14.2. The van der Waals surface area contributed by atoms with E-state index in [1.807, 2.05) is 38.1 Å². The zero-order valence-corrected chi connectivity index (χ0v) is 12.0. The predicted octanol–water partition coefficient (Wildman–Crippen LogP) is 2.62. The number of rotatable bonds is 4. The number of esters is 1. The minimum atomic E-state index is -0.420. The lowest BCUT2D eigenvalue weighted by atomic mass is 9.74. The quantitative estimate of drug-likeness (QED) is 0.870. The van der Waals surface area contributed by atoms with Crippen molar-refractivity contribution in [1.29, 1.82) is 0 Å². The molecule has 0 saturated carbocycles. The zero-order valence-electron chi connectivity index (χ0n) is 10.4. The molecule has 0 heterocycles. The lowest BCUT2D eigenvalue weighted by molar-refractivity contribution is -0.142. The molecule has 3 nitrogen and oxygen atoms in total. The minimum Gasteiger partial charge on any atom is -0.469 e. The van der Waals surface area contributed by atoms with Crippen molar-refractivity contribution in [2.75, 3.05) is 7.11 Å². The molecular formula is C13H18BrNO2. The fraction of sp³-hybridized carbons (Fsp3) is 0.462. The number of nitrogens with two attached hydrogens (primary N) is 1. The van der Waals surface area contributed by atoms with Gasteiger partial charge in [0.15, 0.2) is 0 Å². The normalized spacial score (nSPS) is 16.1. The number of hydrogen-bond donors (Lipinski definition) is 1. The maximum absolute atomic E-state index is 11.5. The van der Waals surface area contributed by atoms with E-state index in [-0.39, 0.29) is 18.4 Å². The van der Waals surface area contributed by atoms with Gasteiger partial charge in [-0.1, -0.05) is 35.0 Å². The van der Waals surface area contributed by atoms with Crippen LogP contribution in [0.2, 0.25) is 0 Å². The summed E-state index contributed by atoms with van der Waals surface area (Å²) in [5.74, 6) is -0.246. The molecular weight excluding hydrogens is 282 g/mol. The average molecular weight is 300 g/mol. The summed E-state index contributed by atoms with van der Waals surface area (Å²) in [7, 11) is 1.39. The zero-order chi connectivity index (χ0) is 13.1. The highest BCUT2D eigenvalue weighted by molar-refractivity contribution is 9.10. The van der Waals surface area contributed by atoms with Crippen LogP contribution in [0.5, 0.6) is 0 Å². The Morgan fingerprint density at radius 3 is 2.71 bits per heavy atom. The molecule has 0 bridgehead atoms. The number of hydrogen-bond acceptors (Lipinski definition) is 3. The van der Waals surface area contributed by atoms with Crippen LogP contribution in [0.1, 0.15) is 25.8 Å². The fourth-order valence-electron chi connectivity index (χ4n) is 1.74. The second-order valence-corrected chi connectivity index (χ2v) is 5.39. The monoisotopic (exact) mass is 299 g/mol. The molecule has 0 radical (unpaired) electrons. The summed E-state index contributed by atoms with van der Waals surface area (Å²) in [6, 6.07) is 7.72. The number of methoxy groups -OCH3 is 1. The largest absolute Gasteiger partial charge is 0.469 e. The molecule has 0 aliphatic rings. The van der Waals surface area contributed by atoms with E-state index in [9.17, 15) is 4.79 Å². The Kier molecular flexibility index (Phi) is 4.71. The van der Waals surface area contributed by atoms with Crippen molar-refractivity contribution in [2.24, 2.45) is 5.73 Å². The highest BCUT2D eigenvalue weighted by Crippen LogP contribution is 2.32. The molecule has 1 aromatic rings. The van der Waals surface area contributed by atoms with E-state index < -0.39 is 5.41 Å². The van der Waals surface area contributed by atoms with Gasteiger partial charge in [-0.3, -0.25) is 4.79 Å². The van der Waals surface area contributed by atoms with E-state index in [0.29, 0.717) is 0 Å². The molecule has 0 fully saturated rings. The SMILES string of the molecule is COC(=O)CC(C)(c1cccc(Br)c1)C(C)N. The van der Waals surface area contributed by atoms with Crippen LogP contribution in [0.15, 0.2) is 28.7 Å². The van der Waals surface area contributed by atoms with Gasteiger partial charge in [0.2, 0.25) is 0 Å². The number of carbonyl (C=O) groups excluding carboxylic acids is 1. The van der Waals surface area contributed by atoms with Gasteiger partial charge in [0.05, 0.1) is 13.5 Å². The van der Waals surface area contributed by atoms with E-state index >= 15 is 0 Å². The van der Waals surface area contributed by atoms with E-state index in [1.54, 1.807) is 0 Å². The van der Waals surface area contributed by atoms with E-state index in [0.717, 1.165) is 10.0 Å². The van der Waals surface area contributed by atoms with Gasteiger partial charge < -0.3 is 10.5 Å². The Morgan fingerprint density at radius 1 is 1.59 bits per heavy atom. The Labute approximate surface area is 110 Å². The number of halogens is 1. The number of carbonyl (C=O) groups is 1. The molecule has 2 atom stereocenters. The Bertz CT molecular complexity index is 406. The second-order valence-electron chi connectivity index (χ2n) is 4.47. The molecule has 17 heavy (non-hydrogen) atoms. The predicted molar refractivity (Wildman–Crippen MR) is 71.8 cm³/mol. The standard InChI is InChI=1S/C13H18BrNO2/c1-9(15)13(2,8-12(16)17-3)10-5-4-6-11(14)7-10/h4-7,9H,8,15H2,1-3H3. The van der Waals surface area contributed by atoms with Gasteiger partial charge in [0.25, 0.3) is 0 Å². The van der Waals surface area contributed by atoms with Gasteiger partial charge in [0.1, 0.15) is 0 Å². The summed E-state index contributed by atoms with van der Waals surface area (Å²) < 4.78 is 5.72. The third-order valence-corrected chi connectivity index (χ3v) is 3.72. The van der Waals surface area contributed by atoms with Crippen LogP contribution in [0.25, 0.3) is 0 Å². The van der Waals surface area contributed by atoms with Crippen LogP contribution in [0, 0.1) is 0 Å². The van der Waals surface area contributed by atoms with Crippen LogP contribution in [-0.4, -0.2) is 19.1 Å². The van der Waals surface area contributed by atoms with Gasteiger partial charge in [-0.15, -0.1) is 0 Å². The van der Waals surface area contributed by atoms with Crippen molar-refractivity contribution in [3.8, 4) is 0 Å². The third kappa shape index (κ3) is 3.30. The van der Waals surface area contributed by atoms with E-state index in [2.05, 4.69) is 15.9 Å². The summed E-state index contributed by atoms with van der Waals surface area (Å²) in [6.07, 6.45) is 0.275. The first-order chi connectivity index (χ1) is 7.90. The van der Waals surface area contributed by atoms with E-state index in [1.165, 1.54) is 7.11 Å². The molecule has 0 aliphatic carbocycles. The maximum Gasteiger partial charge on any atom is 0.306 e. The molecule has 2 unspecified atom stereocenters. The van der Waals surface area contributed by atoms with Crippen LogP contribution in [0.4, 0.5) is 0 Å². The second kappa shape index (κ2) is 5.65. The van der Waals surface area contributed by atoms with Gasteiger partial charge in [-0.25, -0.2) is 0 Å². The van der Waals surface area contributed by atoms with Gasteiger partial charge in [-0.2, -0.15) is 0 Å². The lowest BCUT2D eigenvalue weighted by Crippen LogP contribution is -2.42. The van der Waals surface area contributed by atoms with Crippen LogP contribution in [0.3, 0.4) is 0 Å². The summed E-state index contributed by atoms with van der Waals surface area (Å²) in [5.41, 5.74) is 6.65. The summed E-state index contributed by atoms with van der Waals surface area (Å²) in [5, 5.41) is 0. The smallest absolute Gasteiger partial charge is 0.306 e. The maximum atomic E-state index is 11.5. The molecule has 0 spiro atoms. The van der Waals surface area contributed by atoms with Crippen LogP contribution >= 0.6 is 15.9 Å². The average Bonchev–Trinajstić information content (AvgIpc) is 2.28. The van der Waals surface area contributed by atoms with Gasteiger partial charge in [0, 0.05) is 15.9 Å². The van der Waals surface area contributed by atoms with Crippen molar-refractivity contribution in [2.45, 2.75) is 31.7 Å². The van der Waals surface area contributed by atoms with Gasteiger partial charge >= 0.3 is 5.97 Å². The Hall–Kier alpha value is -0.870. The minimum absolute atomic E-state index is 0.143. The first-order valence-electron chi connectivity index (χ1n) is 5.48. The van der Waals surface area contributed by atoms with Crippen LogP contribution < -0.4 is 5.73 Å². The summed E-state index contributed by atoms with van der Waals surface area (Å²) in [4.78, 5) is 11.5. The summed E-state index contributed by atoms with van der Waals surface area (Å²) in [6.45, 7) is 3.89. The lowest BCUT2D eigenvalue weighted by Gasteiger charge is -2.33. The number of ether oxygens (including phenoxy) is 1. The van der Waals surface area contributed by atoms with Crippen molar-refractivity contribution in [3.63, 3.8) is 0 Å². The van der Waals surface area contributed by atoms with Crippen molar-refractivity contribution < 1.29 is 9.53 Å². The molecule has 1 rings (SSSR count). The van der Waals surface area contributed by atoms with Crippen molar-refractivity contribution in [1.82, 2.24) is 0 Å². The Balaban J connectivity index is 3.11. The third-order valence-electron chi connectivity index (χ3n) is 3.23. The molecule has 0 saturated heterocycles. The molecule has 0 aliphatic heterocycles. The van der Waals surface area contributed by atoms with Gasteiger partial charge in [-0.05, 0) is 24.6 Å². The van der Waals surface area contributed by atoms with E-state index in [4.69, 9.17) is 10.5 Å². The molecule has 0 amide bonds. The topological polar surface area (TPSA) is 52.3 Å². The number of benzene rings is 1. The molecule has 1 aromatic carbocycles. The fourth-order valence-corrected chi connectivity index (χ4v) is 2.14. The molecule has 94 valence electrons.